The number of fused-ring (bicyclic) bond motifs is 4. The molecule has 0 aliphatic carbocycles. The molecular formula is C25H20F2N4O3. The van der Waals surface area contributed by atoms with Gasteiger partial charge in [0.05, 0.1) is 18.9 Å². The van der Waals surface area contributed by atoms with Gasteiger partial charge < -0.3 is 19.9 Å². The standard InChI is InChI=1S/C25H20F2N4O3/c26-22-16(4-1-8-29-22)14-5-6-20-17(11-14)25(7-9-30-24(28)34-25)18-12-19(15-3-2-10-32-13-15)31-23(27)21(18)33-20/h1,3-6,8,11-12H,2,7,9-10,13H2,(H2,28,30)/t25-/m0/s1. The molecule has 3 aliphatic heterocycles. The summed E-state index contributed by atoms with van der Waals surface area (Å²) in [5.74, 6) is -0.996. The lowest BCUT2D eigenvalue weighted by atomic mass is 9.79. The summed E-state index contributed by atoms with van der Waals surface area (Å²) in [5.41, 5.74) is 8.04. The molecule has 0 bridgehead atoms. The summed E-state index contributed by atoms with van der Waals surface area (Å²) in [7, 11) is 0. The first-order valence-electron chi connectivity index (χ1n) is 11.0. The van der Waals surface area contributed by atoms with Gasteiger partial charge in [-0.15, -0.1) is 0 Å². The van der Waals surface area contributed by atoms with Crippen LogP contribution in [0.25, 0.3) is 16.7 Å². The fourth-order valence-corrected chi connectivity index (χ4v) is 4.72. The van der Waals surface area contributed by atoms with E-state index in [1.807, 2.05) is 6.08 Å². The Bertz CT molecular complexity index is 1370. The highest BCUT2D eigenvalue weighted by atomic mass is 19.1. The molecule has 0 saturated carbocycles. The highest BCUT2D eigenvalue weighted by molar-refractivity contribution is 5.76. The summed E-state index contributed by atoms with van der Waals surface area (Å²) in [5, 5.41) is 0. The Morgan fingerprint density at radius 3 is 2.76 bits per heavy atom. The maximum absolute atomic E-state index is 15.3. The van der Waals surface area contributed by atoms with Crippen molar-refractivity contribution in [2.75, 3.05) is 19.8 Å². The van der Waals surface area contributed by atoms with Crippen molar-refractivity contribution in [3.63, 3.8) is 0 Å². The molecule has 3 aromatic rings. The van der Waals surface area contributed by atoms with E-state index < -0.39 is 17.5 Å². The first-order chi connectivity index (χ1) is 16.5. The molecule has 0 unspecified atom stereocenters. The van der Waals surface area contributed by atoms with Crippen LogP contribution < -0.4 is 10.5 Å². The van der Waals surface area contributed by atoms with E-state index in [1.165, 1.54) is 6.20 Å². The minimum atomic E-state index is -1.18. The van der Waals surface area contributed by atoms with Gasteiger partial charge in [0.25, 0.3) is 12.0 Å². The van der Waals surface area contributed by atoms with Gasteiger partial charge in [-0.05, 0) is 47.9 Å². The van der Waals surface area contributed by atoms with E-state index in [4.69, 9.17) is 19.9 Å². The Labute approximate surface area is 193 Å². The molecular weight excluding hydrogens is 442 g/mol. The molecule has 2 N–H and O–H groups in total. The van der Waals surface area contributed by atoms with Gasteiger partial charge in [-0.25, -0.2) is 15.0 Å². The van der Waals surface area contributed by atoms with Crippen LogP contribution in [0.1, 0.15) is 29.7 Å². The van der Waals surface area contributed by atoms with Crippen molar-refractivity contribution < 1.29 is 23.0 Å². The van der Waals surface area contributed by atoms with Crippen molar-refractivity contribution in [2.24, 2.45) is 10.7 Å². The first kappa shape index (κ1) is 20.7. The fourth-order valence-electron chi connectivity index (χ4n) is 4.72. The molecule has 3 aliphatic rings. The van der Waals surface area contributed by atoms with Crippen molar-refractivity contribution in [1.82, 2.24) is 9.97 Å². The zero-order valence-corrected chi connectivity index (χ0v) is 18.1. The number of rotatable bonds is 2. The molecule has 34 heavy (non-hydrogen) atoms. The number of hydrogen-bond donors (Lipinski definition) is 1. The first-order valence-corrected chi connectivity index (χ1v) is 11.0. The Morgan fingerprint density at radius 1 is 1.06 bits per heavy atom. The highest BCUT2D eigenvalue weighted by Gasteiger charge is 2.48. The Morgan fingerprint density at radius 2 is 1.97 bits per heavy atom. The maximum atomic E-state index is 15.3. The lowest BCUT2D eigenvalue weighted by Crippen LogP contribution is -2.43. The van der Waals surface area contributed by atoms with Gasteiger partial charge in [-0.3, -0.25) is 0 Å². The number of nitrogens with zero attached hydrogens (tertiary/aromatic N) is 3. The molecule has 6 rings (SSSR count). The second-order valence-corrected chi connectivity index (χ2v) is 8.30. The molecule has 1 aromatic carbocycles. The van der Waals surface area contributed by atoms with Crippen LogP contribution in [0.3, 0.4) is 0 Å². The lowest BCUT2D eigenvalue weighted by Gasteiger charge is -2.41. The van der Waals surface area contributed by atoms with Gasteiger partial charge in [-0.1, -0.05) is 12.1 Å². The minimum absolute atomic E-state index is 0.0120. The molecule has 0 radical (unpaired) electrons. The van der Waals surface area contributed by atoms with Crippen LogP contribution in [0.2, 0.25) is 0 Å². The SMILES string of the molecule is NC1=NCC[C@]2(O1)c1cc(-c3cccnc3F)ccc1Oc1c2cc(C2=CCCOC2)nc1F. The number of halogens is 2. The number of benzene rings is 1. The molecule has 5 heterocycles. The summed E-state index contributed by atoms with van der Waals surface area (Å²) in [4.78, 5) is 12.1. The molecule has 0 saturated heterocycles. The monoisotopic (exact) mass is 462 g/mol. The summed E-state index contributed by atoms with van der Waals surface area (Å²) in [6.45, 7) is 1.31. The third-order valence-electron chi connectivity index (χ3n) is 6.31. The normalized spacial score (nSPS) is 21.0. The smallest absolute Gasteiger partial charge is 0.283 e. The highest BCUT2D eigenvalue weighted by Crippen LogP contribution is 2.53. The molecule has 0 amide bonds. The Balaban J connectivity index is 1.57. The molecule has 172 valence electrons. The predicted molar refractivity (Wildman–Crippen MR) is 120 cm³/mol. The van der Waals surface area contributed by atoms with Crippen molar-refractivity contribution in [1.29, 1.82) is 0 Å². The Kier molecular flexibility index (Phi) is 4.80. The lowest BCUT2D eigenvalue weighted by molar-refractivity contribution is 0.0623. The third-order valence-corrected chi connectivity index (χ3v) is 6.31. The van der Waals surface area contributed by atoms with Gasteiger partial charge in [0.15, 0.2) is 11.4 Å². The number of nitrogens with two attached hydrogens (primary N) is 1. The van der Waals surface area contributed by atoms with Crippen LogP contribution in [0, 0.1) is 11.9 Å². The van der Waals surface area contributed by atoms with Crippen LogP contribution in [-0.4, -0.2) is 35.7 Å². The summed E-state index contributed by atoms with van der Waals surface area (Å²) >= 11 is 0. The minimum Gasteiger partial charge on any atom is -0.452 e. The van der Waals surface area contributed by atoms with Gasteiger partial charge >= 0.3 is 0 Å². The van der Waals surface area contributed by atoms with Crippen LogP contribution in [0.4, 0.5) is 8.78 Å². The number of ether oxygens (including phenoxy) is 3. The largest absolute Gasteiger partial charge is 0.452 e. The summed E-state index contributed by atoms with van der Waals surface area (Å²) in [6.07, 6.45) is 4.48. The van der Waals surface area contributed by atoms with Crippen molar-refractivity contribution in [3.8, 4) is 22.6 Å². The van der Waals surface area contributed by atoms with E-state index in [0.717, 1.165) is 12.0 Å². The van der Waals surface area contributed by atoms with Crippen LogP contribution in [0.15, 0.2) is 53.7 Å². The van der Waals surface area contributed by atoms with E-state index >= 15 is 4.39 Å². The quantitative estimate of drug-likeness (QED) is 0.571. The molecule has 9 heteroatoms. The van der Waals surface area contributed by atoms with Gasteiger partial charge in [0.1, 0.15) is 5.75 Å². The van der Waals surface area contributed by atoms with Gasteiger partial charge in [0, 0.05) is 35.9 Å². The Hall–Kier alpha value is -3.85. The van der Waals surface area contributed by atoms with E-state index in [0.29, 0.717) is 59.9 Å². The number of amidine groups is 1. The maximum Gasteiger partial charge on any atom is 0.283 e. The van der Waals surface area contributed by atoms with E-state index in [2.05, 4.69) is 15.0 Å². The number of aliphatic imine (C=N–C) groups is 1. The second kappa shape index (κ2) is 7.88. The number of aromatic nitrogens is 2. The molecule has 1 atom stereocenters. The number of hydrogen-bond acceptors (Lipinski definition) is 7. The van der Waals surface area contributed by atoms with Crippen molar-refractivity contribution in [3.05, 3.63) is 77.4 Å². The molecule has 1 spiro atoms. The third kappa shape index (κ3) is 3.23. The molecule has 2 aromatic heterocycles. The van der Waals surface area contributed by atoms with Crippen LogP contribution in [0.5, 0.6) is 11.5 Å². The topological polar surface area (TPSA) is 91.9 Å². The van der Waals surface area contributed by atoms with Crippen LogP contribution in [-0.2, 0) is 15.1 Å². The van der Waals surface area contributed by atoms with E-state index in [-0.39, 0.29) is 11.8 Å². The van der Waals surface area contributed by atoms with Crippen molar-refractivity contribution in [2.45, 2.75) is 18.4 Å². The number of pyridine rings is 2. The fraction of sp³-hybridized carbons (Fsp3) is 0.240. The van der Waals surface area contributed by atoms with Gasteiger partial charge in [-0.2, -0.15) is 8.78 Å². The summed E-state index contributed by atoms with van der Waals surface area (Å²) < 4.78 is 47.5. The average Bonchev–Trinajstić information content (AvgIpc) is 2.86. The van der Waals surface area contributed by atoms with E-state index in [1.54, 1.807) is 36.4 Å². The van der Waals surface area contributed by atoms with Gasteiger partial charge in [0.2, 0.25) is 5.95 Å². The zero-order valence-electron chi connectivity index (χ0n) is 18.1. The molecule has 0 fully saturated rings. The predicted octanol–water partition coefficient (Wildman–Crippen LogP) is 4.31. The average molecular weight is 462 g/mol. The van der Waals surface area contributed by atoms with Crippen molar-refractivity contribution >= 4 is 11.6 Å². The van der Waals surface area contributed by atoms with Crippen LogP contribution >= 0.6 is 0 Å². The molecule has 7 nitrogen and oxygen atoms in total. The second-order valence-electron chi connectivity index (χ2n) is 8.30. The summed E-state index contributed by atoms with van der Waals surface area (Å²) in [6, 6.07) is 10.2. The zero-order chi connectivity index (χ0) is 23.3. The van der Waals surface area contributed by atoms with E-state index in [9.17, 15) is 4.39 Å².